The van der Waals surface area contributed by atoms with Gasteiger partial charge < -0.3 is 4.55 Å². The summed E-state index contributed by atoms with van der Waals surface area (Å²) < 4.78 is 11.7. The lowest BCUT2D eigenvalue weighted by Crippen LogP contribution is -2.13. The first-order chi connectivity index (χ1) is 9.29. The summed E-state index contributed by atoms with van der Waals surface area (Å²) in [7, 11) is 0. The molecule has 1 heterocycles. The summed E-state index contributed by atoms with van der Waals surface area (Å²) in [6.07, 6.45) is 1.70. The fourth-order valence-electron chi connectivity index (χ4n) is 2.06. The SMILES string of the molecule is Cc1ccc([S+](C)[O-])cc1-c1cccc(C(C)(C)C)n1. The van der Waals surface area contributed by atoms with Gasteiger partial charge in [0.15, 0.2) is 4.90 Å². The minimum Gasteiger partial charge on any atom is -0.612 e. The molecule has 0 N–H and O–H groups in total. The second-order valence-electron chi connectivity index (χ2n) is 6.09. The lowest BCUT2D eigenvalue weighted by molar-refractivity contribution is 0.569. The van der Waals surface area contributed by atoms with Crippen LogP contribution >= 0.6 is 0 Å². The van der Waals surface area contributed by atoms with E-state index in [1.807, 2.05) is 30.3 Å². The highest BCUT2D eigenvalue weighted by Gasteiger charge is 2.17. The van der Waals surface area contributed by atoms with E-state index in [-0.39, 0.29) is 5.41 Å². The van der Waals surface area contributed by atoms with E-state index in [4.69, 9.17) is 4.98 Å². The van der Waals surface area contributed by atoms with Crippen molar-refractivity contribution in [3.8, 4) is 11.3 Å². The Morgan fingerprint density at radius 1 is 1.10 bits per heavy atom. The zero-order valence-corrected chi connectivity index (χ0v) is 13.5. The largest absolute Gasteiger partial charge is 0.612 e. The zero-order chi connectivity index (χ0) is 14.9. The standard InChI is InChI=1S/C17H21NOS/c1-12-9-10-13(20(5)19)11-14(12)15-7-6-8-16(18-15)17(2,3)4/h6-11H,1-5H3. The summed E-state index contributed by atoms with van der Waals surface area (Å²) in [5.74, 6) is 0. The third-order valence-corrected chi connectivity index (χ3v) is 4.25. The van der Waals surface area contributed by atoms with Gasteiger partial charge >= 0.3 is 0 Å². The molecule has 0 saturated heterocycles. The highest BCUT2D eigenvalue weighted by atomic mass is 32.2. The number of pyridine rings is 1. The molecule has 0 spiro atoms. The maximum atomic E-state index is 11.7. The monoisotopic (exact) mass is 287 g/mol. The molecule has 1 unspecified atom stereocenters. The maximum absolute atomic E-state index is 11.7. The van der Waals surface area contributed by atoms with Crippen molar-refractivity contribution in [3.05, 3.63) is 47.7 Å². The Morgan fingerprint density at radius 2 is 1.80 bits per heavy atom. The molecule has 0 radical (unpaired) electrons. The highest BCUT2D eigenvalue weighted by molar-refractivity contribution is 7.90. The second kappa shape index (κ2) is 5.58. The fourth-order valence-corrected chi connectivity index (χ4v) is 2.60. The maximum Gasteiger partial charge on any atom is 0.153 e. The Labute approximate surface area is 124 Å². The molecule has 0 saturated carbocycles. The van der Waals surface area contributed by atoms with Gasteiger partial charge in [-0.05, 0) is 41.9 Å². The molecule has 106 valence electrons. The van der Waals surface area contributed by atoms with Crippen molar-refractivity contribution in [2.75, 3.05) is 6.26 Å². The molecule has 20 heavy (non-hydrogen) atoms. The highest BCUT2D eigenvalue weighted by Crippen LogP contribution is 2.27. The molecule has 0 aliphatic rings. The average Bonchev–Trinajstić information content (AvgIpc) is 2.38. The Morgan fingerprint density at radius 3 is 2.40 bits per heavy atom. The molecule has 2 rings (SSSR count). The molecule has 2 nitrogen and oxygen atoms in total. The number of aryl methyl sites for hydroxylation is 1. The van der Waals surface area contributed by atoms with Crippen LogP contribution in [-0.4, -0.2) is 15.8 Å². The van der Waals surface area contributed by atoms with Crippen molar-refractivity contribution < 1.29 is 4.55 Å². The van der Waals surface area contributed by atoms with Crippen LogP contribution < -0.4 is 0 Å². The summed E-state index contributed by atoms with van der Waals surface area (Å²) in [5, 5.41) is 0. The van der Waals surface area contributed by atoms with Gasteiger partial charge in [-0.1, -0.05) is 32.9 Å². The van der Waals surface area contributed by atoms with Crippen LogP contribution in [0, 0.1) is 6.92 Å². The van der Waals surface area contributed by atoms with Gasteiger partial charge in [-0.15, -0.1) is 0 Å². The van der Waals surface area contributed by atoms with Crippen LogP contribution in [0.2, 0.25) is 0 Å². The van der Waals surface area contributed by atoms with Crippen LogP contribution in [0.25, 0.3) is 11.3 Å². The number of benzene rings is 1. The molecule has 1 aromatic carbocycles. The summed E-state index contributed by atoms with van der Waals surface area (Å²) in [4.78, 5) is 5.62. The fraction of sp³-hybridized carbons (Fsp3) is 0.353. The Hall–Kier alpha value is -1.32. The van der Waals surface area contributed by atoms with Crippen molar-refractivity contribution in [1.29, 1.82) is 0 Å². The average molecular weight is 287 g/mol. The molecule has 0 aliphatic heterocycles. The minimum atomic E-state index is -0.971. The van der Waals surface area contributed by atoms with Gasteiger partial charge in [0.1, 0.15) is 6.26 Å². The van der Waals surface area contributed by atoms with E-state index in [2.05, 4.69) is 33.8 Å². The number of rotatable bonds is 2. The van der Waals surface area contributed by atoms with Gasteiger partial charge in [0, 0.05) is 22.7 Å². The molecular weight excluding hydrogens is 266 g/mol. The molecule has 2 aromatic rings. The molecule has 0 aliphatic carbocycles. The third-order valence-electron chi connectivity index (χ3n) is 3.33. The van der Waals surface area contributed by atoms with Crippen LogP contribution in [0.3, 0.4) is 0 Å². The van der Waals surface area contributed by atoms with E-state index in [0.29, 0.717) is 0 Å². The molecule has 0 bridgehead atoms. The van der Waals surface area contributed by atoms with Crippen LogP contribution in [0.4, 0.5) is 0 Å². The van der Waals surface area contributed by atoms with Crippen LogP contribution in [0.1, 0.15) is 32.0 Å². The molecule has 0 amide bonds. The summed E-state index contributed by atoms with van der Waals surface area (Å²) in [6.45, 7) is 8.53. The zero-order valence-electron chi connectivity index (χ0n) is 12.7. The van der Waals surface area contributed by atoms with E-state index < -0.39 is 11.2 Å². The molecular formula is C17H21NOS. The molecule has 1 atom stereocenters. The van der Waals surface area contributed by atoms with Crippen molar-refractivity contribution in [1.82, 2.24) is 4.98 Å². The van der Waals surface area contributed by atoms with Gasteiger partial charge in [0.05, 0.1) is 5.69 Å². The van der Waals surface area contributed by atoms with Crippen molar-refractivity contribution >= 4 is 11.2 Å². The topological polar surface area (TPSA) is 36.0 Å². The summed E-state index contributed by atoms with van der Waals surface area (Å²) >= 11 is -0.971. The normalized spacial score (nSPS) is 13.3. The van der Waals surface area contributed by atoms with Gasteiger partial charge in [0.2, 0.25) is 0 Å². The van der Waals surface area contributed by atoms with Gasteiger partial charge in [-0.3, -0.25) is 4.98 Å². The number of hydrogen-bond donors (Lipinski definition) is 0. The lowest BCUT2D eigenvalue weighted by Gasteiger charge is -2.19. The number of nitrogens with zero attached hydrogens (tertiary/aromatic N) is 1. The van der Waals surface area contributed by atoms with Gasteiger partial charge in [-0.25, -0.2) is 0 Å². The smallest absolute Gasteiger partial charge is 0.153 e. The molecule has 0 fully saturated rings. The first kappa shape index (κ1) is 15.1. The Kier molecular flexibility index (Phi) is 4.21. The van der Waals surface area contributed by atoms with Gasteiger partial charge in [0.25, 0.3) is 0 Å². The van der Waals surface area contributed by atoms with Crippen LogP contribution in [0.15, 0.2) is 41.3 Å². The number of hydrogen-bond acceptors (Lipinski definition) is 2. The number of aromatic nitrogens is 1. The molecule has 1 aromatic heterocycles. The first-order valence-electron chi connectivity index (χ1n) is 6.71. The van der Waals surface area contributed by atoms with Crippen molar-refractivity contribution in [2.45, 2.75) is 38.0 Å². The van der Waals surface area contributed by atoms with E-state index >= 15 is 0 Å². The van der Waals surface area contributed by atoms with Crippen LogP contribution in [-0.2, 0) is 16.6 Å². The predicted molar refractivity (Wildman–Crippen MR) is 85.4 cm³/mol. The quantitative estimate of drug-likeness (QED) is 0.780. The third kappa shape index (κ3) is 3.22. The van der Waals surface area contributed by atoms with Gasteiger partial charge in [-0.2, -0.15) is 0 Å². The minimum absolute atomic E-state index is 0.0229. The van der Waals surface area contributed by atoms with Crippen LogP contribution in [0.5, 0.6) is 0 Å². The lowest BCUT2D eigenvalue weighted by atomic mass is 9.91. The Bertz CT molecular complexity index is 615. The first-order valence-corrected chi connectivity index (χ1v) is 8.27. The van der Waals surface area contributed by atoms with E-state index in [0.717, 1.165) is 27.4 Å². The predicted octanol–water partition coefficient (Wildman–Crippen LogP) is 4.09. The van der Waals surface area contributed by atoms with Crippen molar-refractivity contribution in [3.63, 3.8) is 0 Å². The van der Waals surface area contributed by atoms with E-state index in [9.17, 15) is 4.55 Å². The van der Waals surface area contributed by atoms with E-state index in [1.54, 1.807) is 6.26 Å². The second-order valence-corrected chi connectivity index (χ2v) is 7.47. The summed E-state index contributed by atoms with van der Waals surface area (Å²) in [6, 6.07) is 12.0. The summed E-state index contributed by atoms with van der Waals surface area (Å²) in [5.41, 5.74) is 4.25. The Balaban J connectivity index is 2.54. The molecule has 3 heteroatoms. The van der Waals surface area contributed by atoms with E-state index in [1.165, 1.54) is 0 Å². The van der Waals surface area contributed by atoms with Crippen molar-refractivity contribution in [2.24, 2.45) is 0 Å².